The topological polar surface area (TPSA) is 35.2 Å². The highest BCUT2D eigenvalue weighted by molar-refractivity contribution is 7.17. The summed E-state index contributed by atoms with van der Waals surface area (Å²) in [6, 6.07) is 3.96. The van der Waals surface area contributed by atoms with E-state index in [4.69, 9.17) is 10.5 Å². The Balaban J connectivity index is 2.70. The van der Waals surface area contributed by atoms with Gasteiger partial charge in [-0.2, -0.15) is 0 Å². The number of ether oxygens (including phenoxy) is 1. The van der Waals surface area contributed by atoms with E-state index in [0.29, 0.717) is 6.61 Å². The molecule has 1 heterocycles. The van der Waals surface area contributed by atoms with Crippen molar-refractivity contribution in [1.29, 1.82) is 0 Å². The Bertz CT molecular complexity index is 462. The molecule has 74 valence electrons. The lowest BCUT2D eigenvalue weighted by molar-refractivity contribution is 0.346. The standard InChI is InChI=1S/C11H13NOS/c1-3-13-10-9(12)5-4-8-7(2)6-14-11(8)10/h4-6H,3,12H2,1-2H3. The molecule has 1 aromatic heterocycles. The van der Waals surface area contributed by atoms with E-state index in [2.05, 4.69) is 18.4 Å². The number of anilines is 1. The SMILES string of the molecule is CCOc1c(N)ccc2c(C)csc12. The Kier molecular flexibility index (Phi) is 2.33. The molecule has 0 spiro atoms. The van der Waals surface area contributed by atoms with E-state index in [1.807, 2.05) is 13.0 Å². The third-order valence-corrected chi connectivity index (χ3v) is 3.32. The normalized spacial score (nSPS) is 10.7. The van der Waals surface area contributed by atoms with Crippen molar-refractivity contribution in [2.24, 2.45) is 0 Å². The van der Waals surface area contributed by atoms with Gasteiger partial charge in [0.25, 0.3) is 0 Å². The van der Waals surface area contributed by atoms with Crippen LogP contribution in [0.4, 0.5) is 5.69 Å². The van der Waals surface area contributed by atoms with E-state index in [1.165, 1.54) is 10.9 Å². The van der Waals surface area contributed by atoms with Crippen molar-refractivity contribution < 1.29 is 4.74 Å². The van der Waals surface area contributed by atoms with Gasteiger partial charge < -0.3 is 10.5 Å². The fourth-order valence-corrected chi connectivity index (χ4v) is 2.57. The maximum atomic E-state index is 5.86. The van der Waals surface area contributed by atoms with Crippen molar-refractivity contribution in [2.45, 2.75) is 13.8 Å². The van der Waals surface area contributed by atoms with Crippen LogP contribution >= 0.6 is 11.3 Å². The van der Waals surface area contributed by atoms with E-state index in [0.717, 1.165) is 16.1 Å². The third-order valence-electron chi connectivity index (χ3n) is 2.21. The Hall–Kier alpha value is -1.22. The Morgan fingerprint density at radius 3 is 2.93 bits per heavy atom. The number of hydrogen-bond acceptors (Lipinski definition) is 3. The first-order valence-corrected chi connectivity index (χ1v) is 5.51. The number of benzene rings is 1. The largest absolute Gasteiger partial charge is 0.490 e. The average molecular weight is 207 g/mol. The number of nitrogen functional groups attached to an aromatic ring is 1. The molecule has 2 N–H and O–H groups in total. The lowest BCUT2D eigenvalue weighted by atomic mass is 10.2. The molecule has 0 saturated carbocycles. The van der Waals surface area contributed by atoms with Crippen molar-refractivity contribution in [1.82, 2.24) is 0 Å². The second-order valence-electron chi connectivity index (χ2n) is 3.21. The minimum absolute atomic E-state index is 0.653. The van der Waals surface area contributed by atoms with Gasteiger partial charge in [0.05, 0.1) is 17.0 Å². The first-order valence-electron chi connectivity index (χ1n) is 4.63. The van der Waals surface area contributed by atoms with Crippen LogP contribution in [0.25, 0.3) is 10.1 Å². The molecule has 2 aromatic rings. The Labute approximate surface area is 87.3 Å². The smallest absolute Gasteiger partial charge is 0.159 e. The lowest BCUT2D eigenvalue weighted by Gasteiger charge is -2.07. The average Bonchev–Trinajstić information content (AvgIpc) is 2.53. The van der Waals surface area contributed by atoms with Gasteiger partial charge in [-0.05, 0) is 36.2 Å². The molecule has 0 saturated heterocycles. The molecular formula is C11H13NOS. The molecule has 14 heavy (non-hydrogen) atoms. The van der Waals surface area contributed by atoms with Crippen LogP contribution in [0.1, 0.15) is 12.5 Å². The van der Waals surface area contributed by atoms with Gasteiger partial charge in [0.15, 0.2) is 5.75 Å². The second-order valence-corrected chi connectivity index (χ2v) is 4.09. The number of thiophene rings is 1. The summed E-state index contributed by atoms with van der Waals surface area (Å²) < 4.78 is 6.71. The van der Waals surface area contributed by atoms with Gasteiger partial charge in [0.2, 0.25) is 0 Å². The van der Waals surface area contributed by atoms with E-state index in [9.17, 15) is 0 Å². The minimum atomic E-state index is 0.653. The monoisotopic (exact) mass is 207 g/mol. The zero-order chi connectivity index (χ0) is 10.1. The summed E-state index contributed by atoms with van der Waals surface area (Å²) in [5.41, 5.74) is 7.87. The predicted molar refractivity (Wildman–Crippen MR) is 62.1 cm³/mol. The maximum absolute atomic E-state index is 5.86. The molecule has 0 unspecified atom stereocenters. The quantitative estimate of drug-likeness (QED) is 0.767. The molecule has 0 aliphatic rings. The molecule has 0 aliphatic carbocycles. The van der Waals surface area contributed by atoms with Gasteiger partial charge in [0.1, 0.15) is 0 Å². The summed E-state index contributed by atoms with van der Waals surface area (Å²) in [5.74, 6) is 0.836. The number of rotatable bonds is 2. The summed E-state index contributed by atoms with van der Waals surface area (Å²) in [6.45, 7) is 4.73. The fourth-order valence-electron chi connectivity index (χ4n) is 1.51. The molecule has 0 amide bonds. The molecular weight excluding hydrogens is 194 g/mol. The molecule has 0 radical (unpaired) electrons. The van der Waals surface area contributed by atoms with Gasteiger partial charge in [-0.1, -0.05) is 6.07 Å². The maximum Gasteiger partial charge on any atom is 0.159 e. The second kappa shape index (κ2) is 3.50. The van der Waals surface area contributed by atoms with Crippen LogP contribution in [0.5, 0.6) is 5.75 Å². The first kappa shape index (κ1) is 9.34. The van der Waals surface area contributed by atoms with Crippen molar-refractivity contribution in [3.05, 3.63) is 23.1 Å². The molecule has 0 bridgehead atoms. The predicted octanol–water partition coefficient (Wildman–Crippen LogP) is 3.19. The van der Waals surface area contributed by atoms with Crippen LogP contribution in [0, 0.1) is 6.92 Å². The van der Waals surface area contributed by atoms with Crippen molar-refractivity contribution >= 4 is 27.1 Å². The van der Waals surface area contributed by atoms with Crippen molar-refractivity contribution in [3.8, 4) is 5.75 Å². The molecule has 2 nitrogen and oxygen atoms in total. The highest BCUT2D eigenvalue weighted by Crippen LogP contribution is 2.37. The summed E-state index contributed by atoms with van der Waals surface area (Å²) in [5, 5.41) is 3.37. The van der Waals surface area contributed by atoms with Crippen LogP contribution in [-0.4, -0.2) is 6.61 Å². The zero-order valence-corrected chi connectivity index (χ0v) is 9.15. The van der Waals surface area contributed by atoms with Crippen LogP contribution < -0.4 is 10.5 Å². The van der Waals surface area contributed by atoms with E-state index < -0.39 is 0 Å². The van der Waals surface area contributed by atoms with Gasteiger partial charge in [-0.25, -0.2) is 0 Å². The van der Waals surface area contributed by atoms with Crippen LogP contribution in [0.3, 0.4) is 0 Å². The van der Waals surface area contributed by atoms with Crippen LogP contribution in [-0.2, 0) is 0 Å². The first-order chi connectivity index (χ1) is 6.74. The van der Waals surface area contributed by atoms with Crippen LogP contribution in [0.2, 0.25) is 0 Å². The summed E-state index contributed by atoms with van der Waals surface area (Å²) in [4.78, 5) is 0. The third kappa shape index (κ3) is 1.34. The molecule has 0 atom stereocenters. The number of fused-ring (bicyclic) bond motifs is 1. The fraction of sp³-hybridized carbons (Fsp3) is 0.273. The van der Waals surface area contributed by atoms with E-state index >= 15 is 0 Å². The number of aryl methyl sites for hydroxylation is 1. The van der Waals surface area contributed by atoms with Crippen molar-refractivity contribution in [2.75, 3.05) is 12.3 Å². The number of nitrogens with two attached hydrogens (primary N) is 1. The molecule has 0 fully saturated rings. The van der Waals surface area contributed by atoms with Gasteiger partial charge in [-0.15, -0.1) is 11.3 Å². The molecule has 2 rings (SSSR count). The van der Waals surface area contributed by atoms with Gasteiger partial charge in [0, 0.05) is 0 Å². The summed E-state index contributed by atoms with van der Waals surface area (Å²) in [7, 11) is 0. The molecule has 0 aliphatic heterocycles. The summed E-state index contributed by atoms with van der Waals surface area (Å²) >= 11 is 1.69. The minimum Gasteiger partial charge on any atom is -0.490 e. The highest BCUT2D eigenvalue weighted by atomic mass is 32.1. The van der Waals surface area contributed by atoms with E-state index in [-0.39, 0.29) is 0 Å². The Morgan fingerprint density at radius 2 is 2.21 bits per heavy atom. The van der Waals surface area contributed by atoms with Gasteiger partial charge in [-0.3, -0.25) is 0 Å². The zero-order valence-electron chi connectivity index (χ0n) is 8.33. The Morgan fingerprint density at radius 1 is 1.43 bits per heavy atom. The lowest BCUT2D eigenvalue weighted by Crippen LogP contribution is -1.96. The number of hydrogen-bond donors (Lipinski definition) is 1. The van der Waals surface area contributed by atoms with Gasteiger partial charge >= 0.3 is 0 Å². The van der Waals surface area contributed by atoms with Crippen LogP contribution in [0.15, 0.2) is 17.5 Å². The van der Waals surface area contributed by atoms with Crippen molar-refractivity contribution in [3.63, 3.8) is 0 Å². The highest BCUT2D eigenvalue weighted by Gasteiger charge is 2.09. The van der Waals surface area contributed by atoms with E-state index in [1.54, 1.807) is 11.3 Å². The molecule has 1 aromatic carbocycles. The summed E-state index contributed by atoms with van der Waals surface area (Å²) in [6.07, 6.45) is 0. The molecule has 3 heteroatoms.